The highest BCUT2D eigenvalue weighted by Gasteiger charge is 2.70. The Morgan fingerprint density at radius 3 is 2.52 bits per heavy atom. The summed E-state index contributed by atoms with van der Waals surface area (Å²) < 4.78 is 5.23. The van der Waals surface area contributed by atoms with E-state index >= 15 is 0 Å². The van der Waals surface area contributed by atoms with Crippen molar-refractivity contribution in [2.24, 2.45) is 34.0 Å². The zero-order valence-electron chi connectivity index (χ0n) is 17.0. The minimum Gasteiger partial charge on any atom is -0.463 e. The van der Waals surface area contributed by atoms with Crippen LogP contribution in [-0.4, -0.2) is 46.2 Å². The molecule has 5 nitrogen and oxygen atoms in total. The second-order valence-corrected chi connectivity index (χ2v) is 10.6. The van der Waals surface area contributed by atoms with Gasteiger partial charge in [0.15, 0.2) is 0 Å². The Morgan fingerprint density at radius 2 is 1.85 bits per heavy atom. The van der Waals surface area contributed by atoms with Gasteiger partial charge in [0.05, 0.1) is 12.7 Å². The van der Waals surface area contributed by atoms with Crippen LogP contribution in [0, 0.1) is 34.0 Å². The van der Waals surface area contributed by atoms with Crippen LogP contribution in [0.15, 0.2) is 0 Å². The zero-order valence-corrected chi connectivity index (χ0v) is 17.0. The fourth-order valence-corrected chi connectivity index (χ4v) is 8.14. The maximum absolute atomic E-state index is 11.3. The second-order valence-electron chi connectivity index (χ2n) is 10.6. The molecule has 0 aliphatic heterocycles. The summed E-state index contributed by atoms with van der Waals surface area (Å²) in [4.78, 5) is 11.3. The minimum absolute atomic E-state index is 0.0367. The van der Waals surface area contributed by atoms with Crippen molar-refractivity contribution in [3.63, 3.8) is 0 Å². The summed E-state index contributed by atoms with van der Waals surface area (Å²) in [6, 6.07) is 0. The Hall–Kier alpha value is -0.650. The molecule has 4 aliphatic carbocycles. The van der Waals surface area contributed by atoms with Gasteiger partial charge in [0.25, 0.3) is 0 Å². The number of esters is 1. The van der Waals surface area contributed by atoms with E-state index in [4.69, 9.17) is 4.74 Å². The van der Waals surface area contributed by atoms with Crippen LogP contribution in [0.3, 0.4) is 0 Å². The summed E-state index contributed by atoms with van der Waals surface area (Å²) in [6.07, 6.45) is 7.11. The van der Waals surface area contributed by atoms with E-state index in [1.54, 1.807) is 0 Å². The lowest BCUT2D eigenvalue weighted by Gasteiger charge is -2.66. The smallest absolute Gasteiger partial charge is 0.302 e. The first-order valence-corrected chi connectivity index (χ1v) is 10.8. The van der Waals surface area contributed by atoms with Gasteiger partial charge in [-0.25, -0.2) is 0 Å². The van der Waals surface area contributed by atoms with E-state index in [0.717, 1.165) is 44.9 Å². The van der Waals surface area contributed by atoms with Crippen molar-refractivity contribution in [2.75, 3.05) is 13.2 Å². The lowest BCUT2D eigenvalue weighted by molar-refractivity contribution is -0.217. The fourth-order valence-electron chi connectivity index (χ4n) is 8.14. The van der Waals surface area contributed by atoms with Gasteiger partial charge in [-0.15, -0.1) is 0 Å². The van der Waals surface area contributed by atoms with E-state index in [1.807, 2.05) is 0 Å². The first kappa shape index (κ1) is 19.7. The predicted octanol–water partition coefficient (Wildman–Crippen LogP) is 2.66. The molecule has 0 saturated heterocycles. The Kier molecular flexibility index (Phi) is 4.49. The number of carbonyl (C=O) groups is 1. The molecule has 4 aliphatic rings. The van der Waals surface area contributed by atoms with Gasteiger partial charge >= 0.3 is 5.97 Å². The van der Waals surface area contributed by atoms with Crippen molar-refractivity contribution in [2.45, 2.75) is 83.8 Å². The van der Waals surface area contributed by atoms with Gasteiger partial charge in [-0.3, -0.25) is 4.79 Å². The molecule has 4 rings (SSSR count). The molecule has 4 saturated carbocycles. The number of ether oxygens (including phenoxy) is 1. The third-order valence-corrected chi connectivity index (χ3v) is 9.80. The van der Waals surface area contributed by atoms with Crippen molar-refractivity contribution in [1.82, 2.24) is 0 Å². The van der Waals surface area contributed by atoms with Crippen LogP contribution < -0.4 is 0 Å². The van der Waals surface area contributed by atoms with Crippen LogP contribution in [0.5, 0.6) is 0 Å². The molecule has 4 fully saturated rings. The van der Waals surface area contributed by atoms with Crippen LogP contribution in [0.1, 0.15) is 72.1 Å². The molecule has 0 radical (unpaired) electrons. The van der Waals surface area contributed by atoms with E-state index in [2.05, 4.69) is 13.8 Å². The van der Waals surface area contributed by atoms with Gasteiger partial charge in [-0.05, 0) is 80.0 Å². The van der Waals surface area contributed by atoms with Crippen LogP contribution in [-0.2, 0) is 9.53 Å². The second kappa shape index (κ2) is 6.17. The summed E-state index contributed by atoms with van der Waals surface area (Å²) in [5, 5.41) is 32.2. The number of rotatable bonds is 3. The van der Waals surface area contributed by atoms with Crippen LogP contribution in [0.2, 0.25) is 0 Å². The number of hydrogen-bond acceptors (Lipinski definition) is 5. The monoisotopic (exact) mass is 380 g/mol. The molecule has 0 heterocycles. The van der Waals surface area contributed by atoms with Gasteiger partial charge in [-0.2, -0.15) is 0 Å². The largest absolute Gasteiger partial charge is 0.463 e. The zero-order chi connectivity index (χ0) is 19.7. The molecular weight excluding hydrogens is 344 g/mol. The Bertz CT molecular complexity index is 622. The number of aliphatic hydroxyl groups excluding tert-OH is 2. The molecule has 0 aromatic carbocycles. The fraction of sp³-hybridized carbons (Fsp3) is 0.955. The van der Waals surface area contributed by atoms with Crippen molar-refractivity contribution in [3.05, 3.63) is 0 Å². The maximum Gasteiger partial charge on any atom is 0.302 e. The van der Waals surface area contributed by atoms with Gasteiger partial charge in [0.1, 0.15) is 12.2 Å². The Labute approximate surface area is 162 Å². The molecule has 5 heteroatoms. The summed E-state index contributed by atoms with van der Waals surface area (Å²) >= 11 is 0. The predicted molar refractivity (Wildman–Crippen MR) is 101 cm³/mol. The molecule has 1 spiro atoms. The highest BCUT2D eigenvalue weighted by atomic mass is 16.5. The first-order valence-electron chi connectivity index (χ1n) is 10.8. The lowest BCUT2D eigenvalue weighted by atomic mass is 9.39. The van der Waals surface area contributed by atoms with Gasteiger partial charge in [-0.1, -0.05) is 13.8 Å². The average molecular weight is 381 g/mol. The summed E-state index contributed by atoms with van der Waals surface area (Å²) in [5.74, 6) is 0.756. The standard InChI is InChI=1S/C22H36O5/c1-14(24)27-13-22(26)9-8-21-11-16(22)10-15(21)4-5-17-19(2,12-23)18(25)6-7-20(17,21)3/h15-18,23,25-26H,4-13H2,1-3H3/t15-,16+,17-,18+,19-,20-,21-,22+/m0/s1. The maximum atomic E-state index is 11.3. The highest BCUT2D eigenvalue weighted by molar-refractivity contribution is 5.65. The third kappa shape index (κ3) is 2.50. The molecule has 0 amide bonds. The SMILES string of the molecule is CC(=O)OC[C@]1(O)CC[C@]23C[C@H]1C[C@@H]2CC[C@H]1[C@](C)(CO)[C@H](O)CC[C@@]13C. The van der Waals surface area contributed by atoms with Crippen molar-refractivity contribution < 1.29 is 24.9 Å². The lowest BCUT2D eigenvalue weighted by Crippen LogP contribution is -2.63. The van der Waals surface area contributed by atoms with Crippen LogP contribution in [0.4, 0.5) is 0 Å². The topological polar surface area (TPSA) is 87.0 Å². The third-order valence-electron chi connectivity index (χ3n) is 9.80. The van der Waals surface area contributed by atoms with E-state index in [1.165, 1.54) is 6.92 Å². The van der Waals surface area contributed by atoms with Gasteiger partial charge in [0.2, 0.25) is 0 Å². The van der Waals surface area contributed by atoms with Crippen LogP contribution >= 0.6 is 0 Å². The number of aliphatic hydroxyl groups is 3. The summed E-state index contributed by atoms with van der Waals surface area (Å²) in [6.45, 7) is 6.03. The average Bonchev–Trinajstić information content (AvgIpc) is 2.98. The molecule has 0 aromatic heterocycles. The number of fused-ring (bicyclic) bond motifs is 2. The quantitative estimate of drug-likeness (QED) is 0.655. The van der Waals surface area contributed by atoms with E-state index in [0.29, 0.717) is 18.3 Å². The Morgan fingerprint density at radius 1 is 1.11 bits per heavy atom. The van der Waals surface area contributed by atoms with Gasteiger partial charge in [0, 0.05) is 12.3 Å². The van der Waals surface area contributed by atoms with E-state index < -0.39 is 17.1 Å². The molecule has 0 aromatic rings. The minimum atomic E-state index is -0.894. The molecular formula is C22H36O5. The summed E-state index contributed by atoms with van der Waals surface area (Å²) in [7, 11) is 0. The molecule has 8 atom stereocenters. The van der Waals surface area contributed by atoms with Crippen molar-refractivity contribution in [1.29, 1.82) is 0 Å². The molecule has 27 heavy (non-hydrogen) atoms. The van der Waals surface area contributed by atoms with Crippen LogP contribution in [0.25, 0.3) is 0 Å². The molecule has 154 valence electrons. The van der Waals surface area contributed by atoms with Gasteiger partial charge < -0.3 is 20.1 Å². The highest BCUT2D eigenvalue weighted by Crippen LogP contribution is 2.75. The summed E-state index contributed by atoms with van der Waals surface area (Å²) in [5.41, 5.74) is -1.06. The van der Waals surface area contributed by atoms with E-state index in [9.17, 15) is 20.1 Å². The molecule has 0 unspecified atom stereocenters. The van der Waals surface area contributed by atoms with Crippen molar-refractivity contribution >= 4 is 5.97 Å². The van der Waals surface area contributed by atoms with Crippen molar-refractivity contribution in [3.8, 4) is 0 Å². The molecule has 2 bridgehead atoms. The Balaban J connectivity index is 1.65. The van der Waals surface area contributed by atoms with E-state index in [-0.39, 0.29) is 35.9 Å². The number of carbonyl (C=O) groups excluding carboxylic acids is 1. The normalized spacial score (nSPS) is 54.1. The molecule has 3 N–H and O–H groups in total. The first-order chi connectivity index (χ1) is 12.6. The number of hydrogen-bond donors (Lipinski definition) is 3.